The molecule has 21 heavy (non-hydrogen) atoms. The van der Waals surface area contributed by atoms with Crippen LogP contribution in [0.25, 0.3) is 0 Å². The van der Waals surface area contributed by atoms with Gasteiger partial charge in [-0.2, -0.15) is 0 Å². The van der Waals surface area contributed by atoms with Crippen molar-refractivity contribution in [2.75, 3.05) is 25.5 Å². The van der Waals surface area contributed by atoms with Gasteiger partial charge in [-0.1, -0.05) is 6.07 Å². The van der Waals surface area contributed by atoms with E-state index in [9.17, 15) is 9.59 Å². The van der Waals surface area contributed by atoms with Crippen LogP contribution in [0.1, 0.15) is 24.0 Å². The SMILES string of the molecule is COC(=O)N1CCCC(C(=O)Nc2cc(C)cc(C)c2)C1. The zero-order chi connectivity index (χ0) is 15.4. The van der Waals surface area contributed by atoms with Crippen LogP contribution in [0.3, 0.4) is 0 Å². The molecule has 1 aromatic rings. The van der Waals surface area contributed by atoms with Gasteiger partial charge in [-0.25, -0.2) is 4.79 Å². The average Bonchev–Trinajstić information content (AvgIpc) is 2.45. The predicted molar refractivity (Wildman–Crippen MR) is 81.2 cm³/mol. The summed E-state index contributed by atoms with van der Waals surface area (Å²) in [5.41, 5.74) is 3.04. The van der Waals surface area contributed by atoms with Crippen molar-refractivity contribution in [2.24, 2.45) is 5.92 Å². The zero-order valence-electron chi connectivity index (χ0n) is 12.8. The van der Waals surface area contributed by atoms with Crippen LogP contribution >= 0.6 is 0 Å². The van der Waals surface area contributed by atoms with Crippen molar-refractivity contribution in [1.29, 1.82) is 0 Å². The van der Waals surface area contributed by atoms with Crippen LogP contribution in [0.2, 0.25) is 0 Å². The quantitative estimate of drug-likeness (QED) is 0.911. The number of hydrogen-bond donors (Lipinski definition) is 1. The monoisotopic (exact) mass is 290 g/mol. The molecule has 1 N–H and O–H groups in total. The molecule has 1 heterocycles. The maximum absolute atomic E-state index is 12.4. The summed E-state index contributed by atoms with van der Waals surface area (Å²) in [5.74, 6) is -0.215. The molecular formula is C16H22N2O3. The lowest BCUT2D eigenvalue weighted by Gasteiger charge is -2.30. The number of amides is 2. The van der Waals surface area contributed by atoms with E-state index in [0.717, 1.165) is 29.7 Å². The van der Waals surface area contributed by atoms with Gasteiger partial charge in [-0.05, 0) is 49.9 Å². The molecule has 2 rings (SSSR count). The number of ether oxygens (including phenoxy) is 1. The maximum Gasteiger partial charge on any atom is 0.409 e. The van der Waals surface area contributed by atoms with E-state index >= 15 is 0 Å². The van der Waals surface area contributed by atoms with E-state index < -0.39 is 0 Å². The third-order valence-electron chi connectivity index (χ3n) is 3.71. The molecule has 0 spiro atoms. The minimum absolute atomic E-state index is 0.0337. The molecule has 1 fully saturated rings. The molecule has 1 aromatic carbocycles. The van der Waals surface area contributed by atoms with E-state index in [2.05, 4.69) is 11.4 Å². The van der Waals surface area contributed by atoms with Crippen molar-refractivity contribution in [3.63, 3.8) is 0 Å². The maximum atomic E-state index is 12.4. The molecule has 5 nitrogen and oxygen atoms in total. The number of methoxy groups -OCH3 is 1. The molecule has 1 aliphatic rings. The third kappa shape index (κ3) is 3.97. The predicted octanol–water partition coefficient (Wildman–Crippen LogP) is 2.72. The second-order valence-corrected chi connectivity index (χ2v) is 5.62. The van der Waals surface area contributed by atoms with E-state index in [-0.39, 0.29) is 17.9 Å². The first-order valence-corrected chi connectivity index (χ1v) is 7.21. The van der Waals surface area contributed by atoms with Crippen molar-refractivity contribution >= 4 is 17.7 Å². The van der Waals surface area contributed by atoms with Crippen molar-refractivity contribution in [3.8, 4) is 0 Å². The fourth-order valence-electron chi connectivity index (χ4n) is 2.78. The fourth-order valence-corrected chi connectivity index (χ4v) is 2.78. The molecule has 5 heteroatoms. The van der Waals surface area contributed by atoms with E-state index in [0.29, 0.717) is 13.1 Å². The van der Waals surface area contributed by atoms with E-state index in [1.54, 1.807) is 4.90 Å². The standard InChI is InChI=1S/C16H22N2O3/c1-11-7-12(2)9-14(8-11)17-15(19)13-5-4-6-18(10-13)16(20)21-3/h7-9,13H,4-6,10H2,1-3H3,(H,17,19). The summed E-state index contributed by atoms with van der Waals surface area (Å²) < 4.78 is 4.72. The molecule has 1 aliphatic heterocycles. The van der Waals surface area contributed by atoms with E-state index in [1.807, 2.05) is 26.0 Å². The highest BCUT2D eigenvalue weighted by Gasteiger charge is 2.28. The first kappa shape index (κ1) is 15.4. The molecule has 2 amide bonds. The summed E-state index contributed by atoms with van der Waals surface area (Å²) in [5, 5.41) is 2.95. The number of likely N-dealkylation sites (tertiary alicyclic amines) is 1. The van der Waals surface area contributed by atoms with Gasteiger partial charge in [0.05, 0.1) is 13.0 Å². The second kappa shape index (κ2) is 6.61. The number of carbonyl (C=O) groups is 2. The summed E-state index contributed by atoms with van der Waals surface area (Å²) in [6.07, 6.45) is 1.25. The van der Waals surface area contributed by atoms with Gasteiger partial charge in [0, 0.05) is 18.8 Å². The Hall–Kier alpha value is -2.04. The Labute approximate surface area is 125 Å². The molecule has 114 valence electrons. The number of rotatable bonds is 2. The Morgan fingerprint density at radius 1 is 1.24 bits per heavy atom. The van der Waals surface area contributed by atoms with Gasteiger partial charge in [-0.15, -0.1) is 0 Å². The summed E-state index contributed by atoms with van der Waals surface area (Å²) in [4.78, 5) is 25.5. The fraction of sp³-hybridized carbons (Fsp3) is 0.500. The van der Waals surface area contributed by atoms with Crippen molar-refractivity contribution < 1.29 is 14.3 Å². The number of piperidine rings is 1. The van der Waals surface area contributed by atoms with Gasteiger partial charge in [0.15, 0.2) is 0 Å². The number of nitrogens with one attached hydrogen (secondary N) is 1. The molecule has 0 bridgehead atoms. The first-order valence-electron chi connectivity index (χ1n) is 7.21. The van der Waals surface area contributed by atoms with Crippen LogP contribution in [0, 0.1) is 19.8 Å². The van der Waals surface area contributed by atoms with Crippen LogP contribution in [-0.4, -0.2) is 37.1 Å². The van der Waals surface area contributed by atoms with Gasteiger partial charge in [-0.3, -0.25) is 4.79 Å². The summed E-state index contributed by atoms with van der Waals surface area (Å²) in [6.45, 7) is 5.08. The highest BCUT2D eigenvalue weighted by atomic mass is 16.5. The van der Waals surface area contributed by atoms with Crippen LogP contribution in [0.5, 0.6) is 0 Å². The molecule has 1 unspecified atom stereocenters. The molecular weight excluding hydrogens is 268 g/mol. The number of benzene rings is 1. The molecule has 1 atom stereocenters. The number of aryl methyl sites for hydroxylation is 2. The molecule has 0 aromatic heterocycles. The lowest BCUT2D eigenvalue weighted by Crippen LogP contribution is -2.43. The van der Waals surface area contributed by atoms with E-state index in [4.69, 9.17) is 4.74 Å². The number of carbonyl (C=O) groups excluding carboxylic acids is 2. The third-order valence-corrected chi connectivity index (χ3v) is 3.71. The lowest BCUT2D eigenvalue weighted by atomic mass is 9.97. The zero-order valence-corrected chi connectivity index (χ0v) is 12.8. The molecule has 0 radical (unpaired) electrons. The summed E-state index contributed by atoms with van der Waals surface area (Å²) >= 11 is 0. The number of anilines is 1. The highest BCUT2D eigenvalue weighted by Crippen LogP contribution is 2.20. The lowest BCUT2D eigenvalue weighted by molar-refractivity contribution is -0.121. The first-order chi connectivity index (χ1) is 9.99. The van der Waals surface area contributed by atoms with Crippen molar-refractivity contribution in [2.45, 2.75) is 26.7 Å². The normalized spacial score (nSPS) is 18.2. The molecule has 1 saturated heterocycles. The number of hydrogen-bond acceptors (Lipinski definition) is 3. The van der Waals surface area contributed by atoms with Gasteiger partial charge in [0.1, 0.15) is 0 Å². The Morgan fingerprint density at radius 3 is 2.52 bits per heavy atom. The van der Waals surface area contributed by atoms with Gasteiger partial charge in [0.25, 0.3) is 0 Å². The minimum Gasteiger partial charge on any atom is -0.453 e. The highest BCUT2D eigenvalue weighted by molar-refractivity contribution is 5.93. The molecule has 0 aliphatic carbocycles. The topological polar surface area (TPSA) is 58.6 Å². The van der Waals surface area contributed by atoms with E-state index in [1.165, 1.54) is 7.11 Å². The van der Waals surface area contributed by atoms with Crippen molar-refractivity contribution in [1.82, 2.24) is 4.90 Å². The second-order valence-electron chi connectivity index (χ2n) is 5.62. The van der Waals surface area contributed by atoms with Gasteiger partial charge >= 0.3 is 6.09 Å². The van der Waals surface area contributed by atoms with Gasteiger partial charge < -0.3 is 15.0 Å². The average molecular weight is 290 g/mol. The smallest absolute Gasteiger partial charge is 0.409 e. The Kier molecular flexibility index (Phi) is 4.83. The Morgan fingerprint density at radius 2 is 1.90 bits per heavy atom. The molecule has 0 saturated carbocycles. The summed E-state index contributed by atoms with van der Waals surface area (Å²) in [6, 6.07) is 5.97. The van der Waals surface area contributed by atoms with Gasteiger partial charge in [0.2, 0.25) is 5.91 Å². The number of nitrogens with zero attached hydrogens (tertiary/aromatic N) is 1. The van der Waals surface area contributed by atoms with Crippen LogP contribution < -0.4 is 5.32 Å². The minimum atomic E-state index is -0.362. The Balaban J connectivity index is 2.01. The van der Waals surface area contributed by atoms with Crippen molar-refractivity contribution in [3.05, 3.63) is 29.3 Å². The largest absolute Gasteiger partial charge is 0.453 e. The Bertz CT molecular complexity index is 522. The van der Waals surface area contributed by atoms with Crippen LogP contribution in [0.15, 0.2) is 18.2 Å². The summed E-state index contributed by atoms with van der Waals surface area (Å²) in [7, 11) is 1.36. The van der Waals surface area contributed by atoms with Crippen LogP contribution in [0.4, 0.5) is 10.5 Å². The van der Waals surface area contributed by atoms with Crippen LogP contribution in [-0.2, 0) is 9.53 Å².